The molecule has 0 saturated carbocycles. The van der Waals surface area contributed by atoms with Crippen molar-refractivity contribution < 1.29 is 17.2 Å². The molecule has 0 spiro atoms. The van der Waals surface area contributed by atoms with Gasteiger partial charge in [-0.05, 0) is 0 Å². The Hall–Kier alpha value is -0.590. The van der Waals surface area contributed by atoms with E-state index in [-0.39, 0.29) is 6.92 Å². The van der Waals surface area contributed by atoms with Crippen LogP contribution in [0.1, 0.15) is 6.92 Å². The zero-order valence-corrected chi connectivity index (χ0v) is 5.24. The molecule has 0 radical (unpaired) electrons. The van der Waals surface area contributed by atoms with Crippen LogP contribution in [0.3, 0.4) is 0 Å². The Bertz CT molecular complexity index is 203. The van der Waals surface area contributed by atoms with E-state index in [4.69, 9.17) is 5.53 Å². The molecule has 1 N–H and O–H groups in total. The van der Waals surface area contributed by atoms with Crippen molar-refractivity contribution in [1.29, 1.82) is 5.53 Å². The second-order valence-corrected chi connectivity index (χ2v) is 3.22. The molecule has 0 fully saturated rings. The molecule has 0 aliphatic carbocycles. The van der Waals surface area contributed by atoms with Gasteiger partial charge in [-0.3, -0.25) is 0 Å². The summed E-state index contributed by atoms with van der Waals surface area (Å²) < 4.78 is 45.0. The van der Waals surface area contributed by atoms with E-state index in [1.807, 2.05) is 0 Å². The van der Waals surface area contributed by atoms with E-state index in [0.29, 0.717) is 0 Å². The van der Waals surface area contributed by atoms with Crippen LogP contribution in [-0.2, 0) is 10.0 Å². The van der Waals surface area contributed by atoms with Gasteiger partial charge in [-0.1, -0.05) is 4.52 Å². The number of alkyl halides is 2. The molecule has 0 aliphatic rings. The summed E-state index contributed by atoms with van der Waals surface area (Å²) in [4.78, 5) is 0. The van der Waals surface area contributed by atoms with Crippen LogP contribution in [0.4, 0.5) is 8.78 Å². The smallest absolute Gasteiger partial charge is 0.197 e. The predicted octanol–water partition coefficient (Wildman–Crippen LogP) is 0.960. The highest BCUT2D eigenvalue weighted by atomic mass is 32.2. The normalized spacial score (nSPS) is 13.2. The van der Waals surface area contributed by atoms with Crippen LogP contribution >= 0.6 is 0 Å². The highest BCUT2D eigenvalue weighted by molar-refractivity contribution is 7.90. The van der Waals surface area contributed by atoms with Crippen LogP contribution in [0.5, 0.6) is 0 Å². The second kappa shape index (κ2) is 1.98. The Morgan fingerprint density at radius 3 is 1.89 bits per heavy atom. The van der Waals surface area contributed by atoms with Gasteiger partial charge in [-0.25, -0.2) is 0 Å². The van der Waals surface area contributed by atoms with Crippen LogP contribution in [-0.4, -0.2) is 13.7 Å². The van der Waals surface area contributed by atoms with Crippen LogP contribution < -0.4 is 0 Å². The van der Waals surface area contributed by atoms with Gasteiger partial charge >= 0.3 is 15.3 Å². The maximum atomic E-state index is 11.7. The van der Waals surface area contributed by atoms with E-state index in [0.717, 1.165) is 0 Å². The SMILES string of the molecule is CC(F)(F)S(=O)(=O)N=N. The summed E-state index contributed by atoms with van der Waals surface area (Å²) in [5.41, 5.74) is 5.82. The monoisotopic (exact) mass is 158 g/mol. The molecule has 0 amide bonds. The number of hydrogen-bond donors (Lipinski definition) is 1. The minimum atomic E-state index is -4.88. The fourth-order valence-corrected chi connectivity index (χ4v) is 0.240. The van der Waals surface area contributed by atoms with Gasteiger partial charge in [0, 0.05) is 6.92 Å². The van der Waals surface area contributed by atoms with Crippen LogP contribution in [0.15, 0.2) is 4.52 Å². The highest BCUT2D eigenvalue weighted by Crippen LogP contribution is 2.21. The van der Waals surface area contributed by atoms with Crippen LogP contribution in [0.25, 0.3) is 0 Å². The van der Waals surface area contributed by atoms with Crippen molar-refractivity contribution in [3.8, 4) is 0 Å². The maximum absolute atomic E-state index is 11.7. The lowest BCUT2D eigenvalue weighted by Crippen LogP contribution is -2.21. The fourth-order valence-electron chi connectivity index (χ4n) is 0.0801. The van der Waals surface area contributed by atoms with Crippen molar-refractivity contribution in [1.82, 2.24) is 0 Å². The number of nitrogens with one attached hydrogen (secondary N) is 1. The van der Waals surface area contributed by atoms with Crippen molar-refractivity contribution in [2.24, 2.45) is 4.52 Å². The predicted molar refractivity (Wildman–Crippen MR) is 24.7 cm³/mol. The van der Waals surface area contributed by atoms with Crippen molar-refractivity contribution in [3.63, 3.8) is 0 Å². The average molecular weight is 158 g/mol. The van der Waals surface area contributed by atoms with E-state index in [1.165, 1.54) is 0 Å². The lowest BCUT2D eigenvalue weighted by atomic mass is 10.9. The van der Waals surface area contributed by atoms with Gasteiger partial charge in [0.05, 0.1) is 0 Å². The van der Waals surface area contributed by atoms with Crippen molar-refractivity contribution in [3.05, 3.63) is 0 Å². The molecule has 4 nitrogen and oxygen atoms in total. The first kappa shape index (κ1) is 8.41. The molecule has 0 aromatic carbocycles. The minimum absolute atomic E-state index is 0.167. The first-order chi connectivity index (χ1) is 3.81. The first-order valence-corrected chi connectivity index (χ1v) is 3.26. The molecule has 0 aliphatic heterocycles. The summed E-state index contributed by atoms with van der Waals surface area (Å²) in [6, 6.07) is 0. The number of rotatable bonds is 2. The molecule has 9 heavy (non-hydrogen) atoms. The molecular weight excluding hydrogens is 154 g/mol. The number of sulfonamides is 1. The maximum Gasteiger partial charge on any atom is 0.364 e. The van der Waals surface area contributed by atoms with E-state index in [2.05, 4.69) is 0 Å². The van der Waals surface area contributed by atoms with Gasteiger partial charge < -0.3 is 0 Å². The summed E-state index contributed by atoms with van der Waals surface area (Å²) >= 11 is 0. The van der Waals surface area contributed by atoms with Crippen molar-refractivity contribution in [2.75, 3.05) is 0 Å². The summed E-state index contributed by atoms with van der Waals surface area (Å²) in [7, 11) is -4.88. The topological polar surface area (TPSA) is 70.3 Å². The van der Waals surface area contributed by atoms with Gasteiger partial charge in [-0.2, -0.15) is 22.7 Å². The van der Waals surface area contributed by atoms with Gasteiger partial charge in [0.2, 0.25) is 0 Å². The van der Waals surface area contributed by atoms with Gasteiger partial charge in [0.25, 0.3) is 0 Å². The standard InChI is InChI=1S/C2H4F2N2O2S/c1-2(3,4)9(7,8)6-5/h5H,1H3. The first-order valence-electron chi connectivity index (χ1n) is 1.82. The fraction of sp³-hybridized carbons (Fsp3) is 1.00. The Balaban J connectivity index is 4.79. The average Bonchev–Trinajstić information content (AvgIpc) is 1.64. The van der Waals surface area contributed by atoms with E-state index in [1.54, 1.807) is 4.52 Å². The Morgan fingerprint density at radius 2 is 1.89 bits per heavy atom. The van der Waals surface area contributed by atoms with E-state index < -0.39 is 15.3 Å². The van der Waals surface area contributed by atoms with Crippen molar-refractivity contribution in [2.45, 2.75) is 12.2 Å². The molecule has 0 rings (SSSR count). The molecule has 0 saturated heterocycles. The number of hydrogen-bond acceptors (Lipinski definition) is 3. The van der Waals surface area contributed by atoms with Gasteiger partial charge in [0.15, 0.2) is 0 Å². The molecule has 0 heterocycles. The quantitative estimate of drug-likeness (QED) is 0.608. The Labute approximate surface area is 50.4 Å². The van der Waals surface area contributed by atoms with Crippen LogP contribution in [0, 0.1) is 5.53 Å². The largest absolute Gasteiger partial charge is 0.364 e. The molecule has 0 aromatic rings. The minimum Gasteiger partial charge on any atom is -0.197 e. The third-order valence-electron chi connectivity index (χ3n) is 0.573. The van der Waals surface area contributed by atoms with E-state index in [9.17, 15) is 17.2 Å². The number of halogens is 2. The van der Waals surface area contributed by atoms with E-state index >= 15 is 0 Å². The molecule has 0 unspecified atom stereocenters. The molecule has 0 atom stereocenters. The van der Waals surface area contributed by atoms with Crippen LogP contribution in [0.2, 0.25) is 0 Å². The molecule has 0 aromatic heterocycles. The third-order valence-corrected chi connectivity index (χ3v) is 1.72. The summed E-state index contributed by atoms with van der Waals surface area (Å²) in [5, 5.41) is -3.94. The molecule has 54 valence electrons. The summed E-state index contributed by atoms with van der Waals surface area (Å²) in [5.74, 6) is 0. The summed E-state index contributed by atoms with van der Waals surface area (Å²) in [6.07, 6.45) is 0. The van der Waals surface area contributed by atoms with Gasteiger partial charge in [-0.15, -0.1) is 0 Å². The Morgan fingerprint density at radius 1 is 1.56 bits per heavy atom. The lowest BCUT2D eigenvalue weighted by molar-refractivity contribution is 0.114. The second-order valence-electron chi connectivity index (χ2n) is 1.37. The Kier molecular flexibility index (Phi) is 1.85. The molecule has 0 bridgehead atoms. The number of nitrogens with zero attached hydrogens (tertiary/aromatic N) is 1. The van der Waals surface area contributed by atoms with Crippen molar-refractivity contribution >= 4 is 10.0 Å². The highest BCUT2D eigenvalue weighted by Gasteiger charge is 2.39. The lowest BCUT2D eigenvalue weighted by Gasteiger charge is -2.03. The zero-order valence-electron chi connectivity index (χ0n) is 4.43. The third kappa shape index (κ3) is 1.67. The molecular formula is C2H4F2N2O2S. The zero-order chi connectivity index (χ0) is 7.71. The van der Waals surface area contributed by atoms with Gasteiger partial charge in [0.1, 0.15) is 0 Å². The summed E-state index contributed by atoms with van der Waals surface area (Å²) in [6.45, 7) is 0.167. The molecule has 7 heteroatoms.